The highest BCUT2D eigenvalue weighted by Crippen LogP contribution is 2.18. The first kappa shape index (κ1) is 16.8. The lowest BCUT2D eigenvalue weighted by atomic mass is 10.1. The Morgan fingerprint density at radius 2 is 1.76 bits per heavy atom. The summed E-state index contributed by atoms with van der Waals surface area (Å²) >= 11 is 0. The van der Waals surface area contributed by atoms with Gasteiger partial charge in [-0.2, -0.15) is 0 Å². The number of amides is 1. The number of hydrogen-bond acceptors (Lipinski definition) is 3. The van der Waals surface area contributed by atoms with Crippen molar-refractivity contribution < 1.29 is 14.3 Å². The Labute approximate surface area is 146 Å². The van der Waals surface area contributed by atoms with Gasteiger partial charge in [-0.15, -0.1) is 0 Å². The number of hydrogen-bond donors (Lipinski definition) is 1. The Morgan fingerprint density at radius 1 is 1.08 bits per heavy atom. The van der Waals surface area contributed by atoms with Crippen LogP contribution in [0.25, 0.3) is 10.9 Å². The Bertz CT molecular complexity index is 900. The third-order valence-corrected chi connectivity index (χ3v) is 4.26. The summed E-state index contributed by atoms with van der Waals surface area (Å²) in [7, 11) is 3.16. The standard InChI is InChI=1S/C20H20N2O3/c1-22-17-11-7-6-10-15(17)13-18(22)19(23)21-16(20(24)25-2)12-14-8-4-3-5-9-14/h3-11,13,16H,12H2,1-2H3,(H,21,23). The maximum Gasteiger partial charge on any atom is 0.328 e. The number of nitrogens with zero attached hydrogens (tertiary/aromatic N) is 1. The topological polar surface area (TPSA) is 60.3 Å². The Balaban J connectivity index is 1.84. The number of aryl methyl sites for hydroxylation is 1. The molecule has 1 aromatic heterocycles. The Morgan fingerprint density at radius 3 is 2.44 bits per heavy atom. The molecule has 3 aromatic rings. The van der Waals surface area contributed by atoms with Gasteiger partial charge in [0.1, 0.15) is 11.7 Å². The monoisotopic (exact) mass is 336 g/mol. The largest absolute Gasteiger partial charge is 0.467 e. The van der Waals surface area contributed by atoms with Gasteiger partial charge in [0.15, 0.2) is 0 Å². The summed E-state index contributed by atoms with van der Waals surface area (Å²) in [6, 6.07) is 18.4. The molecule has 1 atom stereocenters. The van der Waals surface area contributed by atoms with Crippen LogP contribution in [0.1, 0.15) is 16.1 Å². The van der Waals surface area contributed by atoms with Crippen LogP contribution in [0.15, 0.2) is 60.7 Å². The van der Waals surface area contributed by atoms with E-state index in [1.54, 1.807) is 0 Å². The van der Waals surface area contributed by atoms with Gasteiger partial charge in [0, 0.05) is 24.4 Å². The van der Waals surface area contributed by atoms with E-state index in [0.717, 1.165) is 16.5 Å². The summed E-state index contributed by atoms with van der Waals surface area (Å²) in [5, 5.41) is 3.78. The van der Waals surface area contributed by atoms with Crippen molar-refractivity contribution in [1.29, 1.82) is 0 Å². The van der Waals surface area contributed by atoms with E-state index in [-0.39, 0.29) is 5.91 Å². The van der Waals surface area contributed by atoms with Crippen LogP contribution in [0.5, 0.6) is 0 Å². The summed E-state index contributed by atoms with van der Waals surface area (Å²) in [6.07, 6.45) is 0.378. The molecule has 2 aromatic carbocycles. The van der Waals surface area contributed by atoms with Gasteiger partial charge >= 0.3 is 5.97 Å². The van der Waals surface area contributed by atoms with Gasteiger partial charge < -0.3 is 14.6 Å². The van der Waals surface area contributed by atoms with Crippen LogP contribution in [-0.2, 0) is 23.0 Å². The van der Waals surface area contributed by atoms with Gasteiger partial charge in [-0.3, -0.25) is 4.79 Å². The minimum Gasteiger partial charge on any atom is -0.467 e. The first-order chi connectivity index (χ1) is 12.1. The molecule has 1 unspecified atom stereocenters. The molecule has 0 spiro atoms. The lowest BCUT2D eigenvalue weighted by molar-refractivity contribution is -0.142. The third kappa shape index (κ3) is 3.55. The van der Waals surface area contributed by atoms with Crippen LogP contribution in [0.2, 0.25) is 0 Å². The van der Waals surface area contributed by atoms with E-state index in [4.69, 9.17) is 4.74 Å². The van der Waals surface area contributed by atoms with Crippen LogP contribution < -0.4 is 5.32 Å². The quantitative estimate of drug-likeness (QED) is 0.729. The third-order valence-electron chi connectivity index (χ3n) is 4.26. The molecule has 0 fully saturated rings. The van der Waals surface area contributed by atoms with Gasteiger partial charge in [0.05, 0.1) is 7.11 Å². The normalized spacial score (nSPS) is 11.9. The number of nitrogens with one attached hydrogen (secondary N) is 1. The van der Waals surface area contributed by atoms with Crippen molar-refractivity contribution in [3.8, 4) is 0 Å². The smallest absolute Gasteiger partial charge is 0.328 e. The molecule has 5 nitrogen and oxygen atoms in total. The average molecular weight is 336 g/mol. The van der Waals surface area contributed by atoms with Crippen LogP contribution in [0.4, 0.5) is 0 Å². The van der Waals surface area contributed by atoms with E-state index in [9.17, 15) is 9.59 Å². The van der Waals surface area contributed by atoms with Gasteiger partial charge in [0.2, 0.25) is 0 Å². The minimum atomic E-state index is -0.738. The predicted molar refractivity (Wildman–Crippen MR) is 96.3 cm³/mol. The summed E-state index contributed by atoms with van der Waals surface area (Å²) in [4.78, 5) is 24.8. The lowest BCUT2D eigenvalue weighted by Crippen LogP contribution is -2.43. The lowest BCUT2D eigenvalue weighted by Gasteiger charge is -2.17. The molecular weight excluding hydrogens is 316 g/mol. The number of ether oxygens (including phenoxy) is 1. The van der Waals surface area contributed by atoms with Crippen LogP contribution in [0, 0.1) is 0 Å². The van der Waals surface area contributed by atoms with Crippen LogP contribution in [0.3, 0.4) is 0 Å². The average Bonchev–Trinajstić information content (AvgIpc) is 2.98. The molecule has 0 radical (unpaired) electrons. The molecule has 0 saturated heterocycles. The number of carbonyl (C=O) groups is 2. The summed E-state index contributed by atoms with van der Waals surface area (Å²) in [5.41, 5.74) is 2.42. The van der Waals surface area contributed by atoms with Crippen LogP contribution >= 0.6 is 0 Å². The van der Waals surface area contributed by atoms with E-state index in [1.807, 2.05) is 72.3 Å². The summed E-state index contributed by atoms with van der Waals surface area (Å²) in [5.74, 6) is -0.763. The van der Waals surface area contributed by atoms with Crippen LogP contribution in [-0.4, -0.2) is 29.6 Å². The molecule has 1 heterocycles. The van der Waals surface area contributed by atoms with Crippen molar-refractivity contribution in [2.75, 3.05) is 7.11 Å². The Kier molecular flexibility index (Phi) is 4.84. The number of benzene rings is 2. The summed E-state index contributed by atoms with van der Waals surface area (Å²) < 4.78 is 6.67. The van der Waals surface area contributed by atoms with Crippen molar-refractivity contribution in [3.63, 3.8) is 0 Å². The predicted octanol–water partition coefficient (Wildman–Crippen LogP) is 2.69. The fraction of sp³-hybridized carbons (Fsp3) is 0.200. The number of esters is 1. The molecule has 25 heavy (non-hydrogen) atoms. The highest BCUT2D eigenvalue weighted by molar-refractivity contribution is 6.00. The van der Waals surface area contributed by atoms with Crippen molar-refractivity contribution in [2.24, 2.45) is 7.05 Å². The van der Waals surface area contributed by atoms with Crippen molar-refractivity contribution in [2.45, 2.75) is 12.5 Å². The highest BCUT2D eigenvalue weighted by atomic mass is 16.5. The summed E-state index contributed by atoms with van der Waals surface area (Å²) in [6.45, 7) is 0. The van der Waals surface area contributed by atoms with E-state index < -0.39 is 12.0 Å². The van der Waals surface area contributed by atoms with Crippen molar-refractivity contribution in [3.05, 3.63) is 71.9 Å². The number of fused-ring (bicyclic) bond motifs is 1. The van der Waals surface area contributed by atoms with Gasteiger partial charge in [0.25, 0.3) is 5.91 Å². The zero-order valence-electron chi connectivity index (χ0n) is 14.2. The first-order valence-electron chi connectivity index (χ1n) is 8.07. The maximum absolute atomic E-state index is 12.7. The molecule has 0 saturated carbocycles. The first-order valence-corrected chi connectivity index (χ1v) is 8.07. The molecule has 128 valence electrons. The molecule has 1 amide bonds. The van der Waals surface area contributed by atoms with E-state index >= 15 is 0 Å². The van der Waals surface area contributed by atoms with E-state index in [0.29, 0.717) is 12.1 Å². The molecule has 0 aliphatic rings. The second-order valence-electron chi connectivity index (χ2n) is 5.89. The highest BCUT2D eigenvalue weighted by Gasteiger charge is 2.24. The molecule has 0 bridgehead atoms. The minimum absolute atomic E-state index is 0.301. The molecule has 0 aliphatic heterocycles. The number of carbonyl (C=O) groups excluding carboxylic acids is 2. The van der Waals surface area contributed by atoms with Gasteiger partial charge in [-0.1, -0.05) is 48.5 Å². The number of rotatable bonds is 5. The van der Waals surface area contributed by atoms with E-state index in [1.165, 1.54) is 7.11 Å². The zero-order valence-corrected chi connectivity index (χ0v) is 14.2. The molecule has 1 N–H and O–H groups in total. The fourth-order valence-corrected chi connectivity index (χ4v) is 2.92. The van der Waals surface area contributed by atoms with Crippen molar-refractivity contribution in [1.82, 2.24) is 9.88 Å². The van der Waals surface area contributed by atoms with Gasteiger partial charge in [-0.25, -0.2) is 4.79 Å². The second kappa shape index (κ2) is 7.21. The van der Waals surface area contributed by atoms with Gasteiger partial charge in [-0.05, 0) is 17.7 Å². The SMILES string of the molecule is COC(=O)C(Cc1ccccc1)NC(=O)c1cc2ccccc2n1C. The van der Waals surface area contributed by atoms with Crippen molar-refractivity contribution >= 4 is 22.8 Å². The van der Waals surface area contributed by atoms with E-state index in [2.05, 4.69) is 5.32 Å². The molecule has 0 aliphatic carbocycles. The Hall–Kier alpha value is -3.08. The molecular formula is C20H20N2O3. The fourth-order valence-electron chi connectivity index (χ4n) is 2.92. The number of para-hydroxylation sites is 1. The number of aromatic nitrogens is 1. The second-order valence-corrected chi connectivity index (χ2v) is 5.89. The zero-order chi connectivity index (χ0) is 17.8. The molecule has 3 rings (SSSR count). The maximum atomic E-state index is 12.7. The molecule has 5 heteroatoms. The number of methoxy groups -OCH3 is 1.